The third kappa shape index (κ3) is 4.59. The van der Waals surface area contributed by atoms with E-state index in [1.165, 1.54) is 12.1 Å². The largest absolute Gasteiger partial charge is 0.468 e. The van der Waals surface area contributed by atoms with E-state index in [9.17, 15) is 18.0 Å². The van der Waals surface area contributed by atoms with E-state index in [0.717, 1.165) is 12.7 Å². The highest BCUT2D eigenvalue weighted by Gasteiger charge is 2.17. The predicted octanol–water partition coefficient (Wildman–Crippen LogP) is 0.156. The molecule has 1 aromatic carbocycles. The fraction of sp³-hybridized carbons (Fsp3) is 0.273. The van der Waals surface area contributed by atoms with Crippen LogP contribution in [-0.4, -0.2) is 34.1 Å². The van der Waals surface area contributed by atoms with Crippen LogP contribution < -0.4 is 10.0 Å². The van der Waals surface area contributed by atoms with E-state index in [4.69, 9.17) is 0 Å². The van der Waals surface area contributed by atoms with Crippen molar-refractivity contribution in [1.29, 1.82) is 0 Å². The lowest BCUT2D eigenvalue weighted by molar-refractivity contribution is -0.139. The molecule has 0 saturated heterocycles. The van der Waals surface area contributed by atoms with E-state index in [1.807, 2.05) is 6.92 Å². The van der Waals surface area contributed by atoms with E-state index in [1.54, 1.807) is 16.9 Å². The maximum atomic E-state index is 11.8. The van der Waals surface area contributed by atoms with Gasteiger partial charge in [-0.2, -0.15) is 0 Å². The molecule has 0 aromatic heterocycles. The number of carbonyl (C=O) groups is 2. The number of methoxy groups -OCH3 is 1. The van der Waals surface area contributed by atoms with Gasteiger partial charge in [-0.25, -0.2) is 17.9 Å². The van der Waals surface area contributed by atoms with Gasteiger partial charge in [-0.3, -0.25) is 4.79 Å². The summed E-state index contributed by atoms with van der Waals surface area (Å²) in [5.41, 5.74) is 0.897. The quantitative estimate of drug-likeness (QED) is 0.767. The van der Waals surface area contributed by atoms with Crippen molar-refractivity contribution in [3.05, 3.63) is 29.8 Å². The highest BCUT2D eigenvalue weighted by molar-refractivity contribution is 7.90. The number of ether oxygens (including phenoxy) is 1. The van der Waals surface area contributed by atoms with Gasteiger partial charge in [0.15, 0.2) is 0 Å². The second-order valence-electron chi connectivity index (χ2n) is 3.68. The molecule has 0 radical (unpaired) electrons. The summed E-state index contributed by atoms with van der Waals surface area (Å²) in [7, 11) is -2.79. The minimum Gasteiger partial charge on any atom is -0.468 e. The molecule has 19 heavy (non-hydrogen) atoms. The molecular weight excluding hydrogens is 272 g/mol. The number of rotatable bonds is 4. The number of amides is 2. The highest BCUT2D eigenvalue weighted by atomic mass is 32.2. The molecule has 2 N–H and O–H groups in total. The molecule has 0 unspecified atom stereocenters. The maximum Gasteiger partial charge on any atom is 0.329 e. The van der Waals surface area contributed by atoms with E-state index < -0.39 is 28.6 Å². The standard InChI is InChI=1S/C11H14N2O5S/c1-8-3-5-9(6-4-8)19(16,17)13-11(15)12-7-10(14)18-2/h3-6H,7H2,1-2H3,(H2,12,13,15). The molecule has 0 aliphatic rings. The van der Waals surface area contributed by atoms with Crippen LogP contribution in [0, 0.1) is 6.92 Å². The van der Waals surface area contributed by atoms with Gasteiger partial charge in [0.1, 0.15) is 6.54 Å². The highest BCUT2D eigenvalue weighted by Crippen LogP contribution is 2.09. The summed E-state index contributed by atoms with van der Waals surface area (Å²) in [6.45, 7) is 1.40. The molecule has 0 heterocycles. The molecule has 2 amide bonds. The lowest BCUT2D eigenvalue weighted by Gasteiger charge is -2.08. The Bertz CT molecular complexity index is 565. The third-order valence-electron chi connectivity index (χ3n) is 2.18. The van der Waals surface area contributed by atoms with Crippen LogP contribution in [-0.2, 0) is 19.6 Å². The van der Waals surface area contributed by atoms with Gasteiger partial charge in [-0.1, -0.05) is 17.7 Å². The van der Waals surface area contributed by atoms with Crippen LogP contribution >= 0.6 is 0 Å². The normalized spacial score (nSPS) is 10.6. The summed E-state index contributed by atoms with van der Waals surface area (Å²) in [6, 6.07) is 4.99. The van der Waals surface area contributed by atoms with Crippen LogP contribution in [0.15, 0.2) is 29.2 Å². The average molecular weight is 286 g/mol. The number of urea groups is 1. The third-order valence-corrected chi connectivity index (χ3v) is 3.53. The fourth-order valence-corrected chi connectivity index (χ4v) is 2.09. The number of sulfonamides is 1. The van der Waals surface area contributed by atoms with Crippen molar-refractivity contribution < 1.29 is 22.7 Å². The number of esters is 1. The Morgan fingerprint density at radius 1 is 1.21 bits per heavy atom. The Balaban J connectivity index is 2.67. The molecule has 104 valence electrons. The van der Waals surface area contributed by atoms with Crippen molar-refractivity contribution in [2.24, 2.45) is 0 Å². The zero-order valence-electron chi connectivity index (χ0n) is 10.5. The van der Waals surface area contributed by atoms with E-state index in [0.29, 0.717) is 0 Å². The Labute approximate surface area is 111 Å². The molecule has 1 aromatic rings. The minimum absolute atomic E-state index is 0.0358. The number of hydrogen-bond donors (Lipinski definition) is 2. The van der Waals surface area contributed by atoms with Gasteiger partial charge in [0.2, 0.25) is 0 Å². The minimum atomic E-state index is -3.95. The molecule has 0 aliphatic carbocycles. The summed E-state index contributed by atoms with van der Waals surface area (Å²) in [4.78, 5) is 22.0. The summed E-state index contributed by atoms with van der Waals surface area (Å²) in [5.74, 6) is -0.678. The Kier molecular flexibility index (Phi) is 4.87. The van der Waals surface area contributed by atoms with Gasteiger partial charge in [0.05, 0.1) is 12.0 Å². The summed E-state index contributed by atoms with van der Waals surface area (Å²) >= 11 is 0. The van der Waals surface area contributed by atoms with Gasteiger partial charge in [0, 0.05) is 0 Å². The van der Waals surface area contributed by atoms with Gasteiger partial charge in [0.25, 0.3) is 10.0 Å². The SMILES string of the molecule is COC(=O)CNC(=O)NS(=O)(=O)c1ccc(C)cc1. The van der Waals surface area contributed by atoms with Crippen LogP contribution in [0.25, 0.3) is 0 Å². The van der Waals surface area contributed by atoms with Crippen LogP contribution in [0.4, 0.5) is 4.79 Å². The fourth-order valence-electron chi connectivity index (χ4n) is 1.16. The second-order valence-corrected chi connectivity index (χ2v) is 5.36. The van der Waals surface area contributed by atoms with Gasteiger partial charge in [-0.05, 0) is 19.1 Å². The Morgan fingerprint density at radius 3 is 2.32 bits per heavy atom. The molecule has 0 saturated carbocycles. The number of hydrogen-bond acceptors (Lipinski definition) is 5. The monoisotopic (exact) mass is 286 g/mol. The Hall–Kier alpha value is -2.09. The van der Waals surface area contributed by atoms with E-state index in [2.05, 4.69) is 10.1 Å². The van der Waals surface area contributed by atoms with Crippen molar-refractivity contribution in [2.45, 2.75) is 11.8 Å². The average Bonchev–Trinajstić information content (AvgIpc) is 2.36. The summed E-state index contributed by atoms with van der Waals surface area (Å²) < 4.78 is 29.6. The second kappa shape index (κ2) is 6.19. The van der Waals surface area contributed by atoms with Crippen molar-refractivity contribution in [3.8, 4) is 0 Å². The maximum absolute atomic E-state index is 11.8. The first-order valence-electron chi connectivity index (χ1n) is 5.29. The lowest BCUT2D eigenvalue weighted by Crippen LogP contribution is -2.41. The molecule has 0 spiro atoms. The topological polar surface area (TPSA) is 102 Å². The zero-order valence-corrected chi connectivity index (χ0v) is 11.3. The zero-order chi connectivity index (χ0) is 14.5. The first kappa shape index (κ1) is 15.0. The van der Waals surface area contributed by atoms with Crippen molar-refractivity contribution in [1.82, 2.24) is 10.0 Å². The van der Waals surface area contributed by atoms with Crippen LogP contribution in [0.1, 0.15) is 5.56 Å². The molecule has 1 rings (SSSR count). The smallest absolute Gasteiger partial charge is 0.329 e. The molecule has 0 aliphatic heterocycles. The van der Waals surface area contributed by atoms with Gasteiger partial charge >= 0.3 is 12.0 Å². The number of carbonyl (C=O) groups excluding carboxylic acids is 2. The molecule has 0 atom stereocenters. The lowest BCUT2D eigenvalue weighted by atomic mass is 10.2. The van der Waals surface area contributed by atoms with Crippen LogP contribution in [0.2, 0.25) is 0 Å². The first-order chi connectivity index (χ1) is 8.85. The Morgan fingerprint density at radius 2 is 1.79 bits per heavy atom. The number of benzene rings is 1. The van der Waals surface area contributed by atoms with E-state index >= 15 is 0 Å². The molecular formula is C11H14N2O5S. The molecule has 0 bridgehead atoms. The number of aryl methyl sites for hydroxylation is 1. The predicted molar refractivity (Wildman–Crippen MR) is 66.9 cm³/mol. The van der Waals surface area contributed by atoms with Crippen molar-refractivity contribution in [2.75, 3.05) is 13.7 Å². The molecule has 8 heteroatoms. The van der Waals surface area contributed by atoms with Crippen molar-refractivity contribution in [3.63, 3.8) is 0 Å². The van der Waals surface area contributed by atoms with Gasteiger partial charge < -0.3 is 10.1 Å². The number of nitrogens with one attached hydrogen (secondary N) is 2. The van der Waals surface area contributed by atoms with Crippen LogP contribution in [0.3, 0.4) is 0 Å². The summed E-state index contributed by atoms with van der Waals surface area (Å²) in [5, 5.41) is 2.07. The summed E-state index contributed by atoms with van der Waals surface area (Å²) in [6.07, 6.45) is 0. The molecule has 7 nitrogen and oxygen atoms in total. The van der Waals surface area contributed by atoms with Crippen LogP contribution in [0.5, 0.6) is 0 Å². The van der Waals surface area contributed by atoms with Crippen molar-refractivity contribution >= 4 is 22.0 Å². The van der Waals surface area contributed by atoms with E-state index in [-0.39, 0.29) is 4.90 Å². The molecule has 0 fully saturated rings. The van der Waals surface area contributed by atoms with Gasteiger partial charge in [-0.15, -0.1) is 0 Å². The first-order valence-corrected chi connectivity index (χ1v) is 6.77.